The first-order valence-corrected chi connectivity index (χ1v) is 6.53. The first-order chi connectivity index (χ1) is 8.83. The summed E-state index contributed by atoms with van der Waals surface area (Å²) in [7, 11) is 1.94. The van der Waals surface area contributed by atoms with E-state index in [4.69, 9.17) is 0 Å². The van der Waals surface area contributed by atoms with E-state index >= 15 is 0 Å². The molecule has 0 aromatic carbocycles. The van der Waals surface area contributed by atoms with Crippen molar-refractivity contribution in [3.05, 3.63) is 24.9 Å². The van der Waals surface area contributed by atoms with Gasteiger partial charge in [0, 0.05) is 25.4 Å². The van der Waals surface area contributed by atoms with Crippen molar-refractivity contribution in [3.8, 4) is 11.3 Å². The molecule has 0 radical (unpaired) electrons. The number of nitrogens with zero attached hydrogens (tertiary/aromatic N) is 4. The minimum absolute atomic E-state index is 0.814. The van der Waals surface area contributed by atoms with Gasteiger partial charge in [-0.3, -0.25) is 4.68 Å². The van der Waals surface area contributed by atoms with Crippen LogP contribution in [0.2, 0.25) is 0 Å². The number of aromatic nitrogens is 4. The third-order valence-electron chi connectivity index (χ3n) is 3.65. The van der Waals surface area contributed by atoms with Crippen LogP contribution in [0.5, 0.6) is 0 Å². The van der Waals surface area contributed by atoms with Gasteiger partial charge in [-0.15, -0.1) is 0 Å². The molecule has 0 bridgehead atoms. The number of nitrogens with one attached hydrogen (secondary N) is 1. The standard InChI is InChI=1S/C13H19N5/c1-17-9-12(7-16-17)13-8-15-10-18(13)5-3-11-2-4-14-6-11/h7-11,14H,2-6H2,1H3. The predicted octanol–water partition coefficient (Wildman–Crippen LogP) is 1.28. The third-order valence-corrected chi connectivity index (χ3v) is 3.65. The van der Waals surface area contributed by atoms with Crippen molar-refractivity contribution in [2.24, 2.45) is 13.0 Å². The molecule has 0 amide bonds. The van der Waals surface area contributed by atoms with E-state index < -0.39 is 0 Å². The van der Waals surface area contributed by atoms with Gasteiger partial charge in [-0.05, 0) is 31.8 Å². The second kappa shape index (κ2) is 4.94. The Morgan fingerprint density at radius 3 is 3.11 bits per heavy atom. The maximum absolute atomic E-state index is 4.26. The lowest BCUT2D eigenvalue weighted by molar-refractivity contribution is 0.481. The van der Waals surface area contributed by atoms with E-state index in [1.54, 1.807) is 0 Å². The van der Waals surface area contributed by atoms with Crippen LogP contribution in [-0.2, 0) is 13.6 Å². The average Bonchev–Trinajstić information content (AvgIpc) is 3.07. The number of hydrogen-bond donors (Lipinski definition) is 1. The Kier molecular flexibility index (Phi) is 3.15. The molecule has 1 unspecified atom stereocenters. The van der Waals surface area contributed by atoms with E-state index in [1.807, 2.05) is 36.6 Å². The number of hydrogen-bond acceptors (Lipinski definition) is 3. The fourth-order valence-electron chi connectivity index (χ4n) is 2.58. The van der Waals surface area contributed by atoms with Crippen molar-refractivity contribution >= 4 is 0 Å². The highest BCUT2D eigenvalue weighted by atomic mass is 15.2. The molecule has 1 aliphatic heterocycles. The zero-order valence-corrected chi connectivity index (χ0v) is 10.7. The summed E-state index contributed by atoms with van der Waals surface area (Å²) >= 11 is 0. The van der Waals surface area contributed by atoms with Crippen LogP contribution in [0.15, 0.2) is 24.9 Å². The Morgan fingerprint density at radius 2 is 2.39 bits per heavy atom. The molecule has 1 aliphatic rings. The SMILES string of the molecule is Cn1cc(-c2cncn2CCC2CCNC2)cn1. The average molecular weight is 245 g/mol. The molecule has 18 heavy (non-hydrogen) atoms. The number of rotatable bonds is 4. The van der Waals surface area contributed by atoms with Gasteiger partial charge < -0.3 is 9.88 Å². The van der Waals surface area contributed by atoms with Crippen LogP contribution in [0.1, 0.15) is 12.8 Å². The van der Waals surface area contributed by atoms with E-state index in [-0.39, 0.29) is 0 Å². The van der Waals surface area contributed by atoms with Gasteiger partial charge >= 0.3 is 0 Å². The van der Waals surface area contributed by atoms with Gasteiger partial charge in [0.25, 0.3) is 0 Å². The van der Waals surface area contributed by atoms with Crippen LogP contribution in [0.3, 0.4) is 0 Å². The van der Waals surface area contributed by atoms with Gasteiger partial charge in [-0.25, -0.2) is 4.98 Å². The first kappa shape index (κ1) is 11.5. The van der Waals surface area contributed by atoms with Crippen LogP contribution in [0.25, 0.3) is 11.3 Å². The molecule has 0 aliphatic carbocycles. The third kappa shape index (κ3) is 2.31. The van der Waals surface area contributed by atoms with Gasteiger partial charge in [0.1, 0.15) is 0 Å². The lowest BCUT2D eigenvalue weighted by atomic mass is 10.1. The van der Waals surface area contributed by atoms with Gasteiger partial charge in [-0.2, -0.15) is 5.10 Å². The monoisotopic (exact) mass is 245 g/mol. The molecule has 2 aromatic rings. The Morgan fingerprint density at radius 1 is 1.44 bits per heavy atom. The summed E-state index contributed by atoms with van der Waals surface area (Å²) in [6, 6.07) is 0. The molecule has 3 heterocycles. The summed E-state index contributed by atoms with van der Waals surface area (Å²) in [5.74, 6) is 0.814. The summed E-state index contributed by atoms with van der Waals surface area (Å²) < 4.78 is 4.06. The van der Waals surface area contributed by atoms with Crippen molar-refractivity contribution in [1.82, 2.24) is 24.6 Å². The summed E-state index contributed by atoms with van der Waals surface area (Å²) in [6.07, 6.45) is 10.3. The second-order valence-corrected chi connectivity index (χ2v) is 5.02. The molecule has 0 spiro atoms. The molecule has 0 saturated carbocycles. The fraction of sp³-hybridized carbons (Fsp3) is 0.538. The summed E-state index contributed by atoms with van der Waals surface area (Å²) in [4.78, 5) is 4.26. The summed E-state index contributed by atoms with van der Waals surface area (Å²) in [5.41, 5.74) is 2.30. The maximum Gasteiger partial charge on any atom is 0.0950 e. The number of imidazole rings is 1. The lowest BCUT2D eigenvalue weighted by Crippen LogP contribution is -2.11. The highest BCUT2D eigenvalue weighted by molar-refractivity contribution is 5.56. The van der Waals surface area contributed by atoms with Gasteiger partial charge in [0.15, 0.2) is 0 Å². The number of aryl methyl sites for hydroxylation is 2. The normalized spacial score (nSPS) is 19.5. The quantitative estimate of drug-likeness (QED) is 0.882. The molecule has 1 saturated heterocycles. The van der Waals surface area contributed by atoms with E-state index in [9.17, 15) is 0 Å². The van der Waals surface area contributed by atoms with Crippen molar-refractivity contribution in [2.45, 2.75) is 19.4 Å². The highest BCUT2D eigenvalue weighted by Gasteiger charge is 2.15. The van der Waals surface area contributed by atoms with Crippen LogP contribution in [0, 0.1) is 5.92 Å². The molecule has 3 rings (SSSR count). The Bertz CT molecular complexity index is 507. The lowest BCUT2D eigenvalue weighted by Gasteiger charge is -2.10. The molecule has 96 valence electrons. The Balaban J connectivity index is 1.71. The summed E-state index contributed by atoms with van der Waals surface area (Å²) in [6.45, 7) is 3.37. The van der Waals surface area contributed by atoms with Crippen molar-refractivity contribution in [1.29, 1.82) is 0 Å². The molecular formula is C13H19N5. The van der Waals surface area contributed by atoms with Crippen LogP contribution >= 0.6 is 0 Å². The minimum Gasteiger partial charge on any atom is -0.331 e. The molecule has 5 nitrogen and oxygen atoms in total. The zero-order chi connectivity index (χ0) is 12.4. The molecule has 1 N–H and O–H groups in total. The predicted molar refractivity (Wildman–Crippen MR) is 70.0 cm³/mol. The molecule has 1 atom stereocenters. The highest BCUT2D eigenvalue weighted by Crippen LogP contribution is 2.20. The van der Waals surface area contributed by atoms with Gasteiger partial charge in [0.2, 0.25) is 0 Å². The van der Waals surface area contributed by atoms with Crippen molar-refractivity contribution < 1.29 is 0 Å². The van der Waals surface area contributed by atoms with E-state index in [1.165, 1.54) is 19.4 Å². The van der Waals surface area contributed by atoms with Gasteiger partial charge in [-0.1, -0.05) is 0 Å². The smallest absolute Gasteiger partial charge is 0.0950 e. The minimum atomic E-state index is 0.814. The molecule has 2 aromatic heterocycles. The van der Waals surface area contributed by atoms with Crippen molar-refractivity contribution in [2.75, 3.05) is 13.1 Å². The van der Waals surface area contributed by atoms with Crippen molar-refractivity contribution in [3.63, 3.8) is 0 Å². The van der Waals surface area contributed by atoms with Crippen LogP contribution in [-0.4, -0.2) is 32.4 Å². The Labute approximate surface area is 107 Å². The molecule has 5 heteroatoms. The maximum atomic E-state index is 4.26. The molecule has 1 fully saturated rings. The van der Waals surface area contributed by atoms with Crippen LogP contribution in [0.4, 0.5) is 0 Å². The van der Waals surface area contributed by atoms with Gasteiger partial charge in [0.05, 0.1) is 24.4 Å². The first-order valence-electron chi connectivity index (χ1n) is 6.53. The topological polar surface area (TPSA) is 47.7 Å². The Hall–Kier alpha value is -1.62. The summed E-state index contributed by atoms with van der Waals surface area (Å²) in [5, 5.41) is 7.63. The van der Waals surface area contributed by atoms with E-state index in [0.717, 1.165) is 30.3 Å². The van der Waals surface area contributed by atoms with Crippen LogP contribution < -0.4 is 5.32 Å². The zero-order valence-electron chi connectivity index (χ0n) is 10.7. The van der Waals surface area contributed by atoms with E-state index in [2.05, 4.69) is 20.0 Å². The van der Waals surface area contributed by atoms with E-state index in [0.29, 0.717) is 0 Å². The fourth-order valence-corrected chi connectivity index (χ4v) is 2.58. The largest absolute Gasteiger partial charge is 0.331 e. The second-order valence-electron chi connectivity index (χ2n) is 5.02. The molecular weight excluding hydrogens is 226 g/mol.